The first-order valence-electron chi connectivity index (χ1n) is 8.08. The van der Waals surface area contributed by atoms with Gasteiger partial charge in [0.05, 0.1) is 11.5 Å². The summed E-state index contributed by atoms with van der Waals surface area (Å²) in [5.41, 5.74) is -1.11. The van der Waals surface area contributed by atoms with Crippen LogP contribution in [-0.4, -0.2) is 49.2 Å². The van der Waals surface area contributed by atoms with Gasteiger partial charge >= 0.3 is 6.36 Å². The zero-order chi connectivity index (χ0) is 19.4. The van der Waals surface area contributed by atoms with Crippen molar-refractivity contribution in [2.75, 3.05) is 19.7 Å². The van der Waals surface area contributed by atoms with Crippen molar-refractivity contribution in [2.24, 2.45) is 5.41 Å². The number of ether oxygens (including phenoxy) is 2. The van der Waals surface area contributed by atoms with Crippen LogP contribution in [0.15, 0.2) is 18.3 Å². The molecule has 0 saturated carbocycles. The molecule has 26 heavy (non-hydrogen) atoms. The summed E-state index contributed by atoms with van der Waals surface area (Å²) in [6.07, 6.45) is -4.40. The van der Waals surface area contributed by atoms with Crippen molar-refractivity contribution in [3.8, 4) is 11.6 Å². The molecule has 0 aliphatic carbocycles. The van der Waals surface area contributed by atoms with Crippen molar-refractivity contribution in [3.05, 3.63) is 18.3 Å². The van der Waals surface area contributed by atoms with Gasteiger partial charge < -0.3 is 20.1 Å². The van der Waals surface area contributed by atoms with Crippen LogP contribution in [0.25, 0.3) is 0 Å². The summed E-state index contributed by atoms with van der Waals surface area (Å²) in [4.78, 5) is 16.1. The van der Waals surface area contributed by atoms with Gasteiger partial charge in [0.2, 0.25) is 5.91 Å². The Bertz CT molecular complexity index is 625. The number of pyridine rings is 1. The van der Waals surface area contributed by atoms with E-state index in [-0.39, 0.29) is 19.0 Å². The fraction of sp³-hybridized carbons (Fsp3) is 0.625. The average Bonchev–Trinajstić information content (AvgIpc) is 2.54. The van der Waals surface area contributed by atoms with E-state index in [9.17, 15) is 22.4 Å². The number of aromatic nitrogens is 1. The van der Waals surface area contributed by atoms with E-state index >= 15 is 0 Å². The standard InChI is InChI=1S/C16H21F4N3O3/c1-15(2,14(24)23-11-5-7-21-8-10(11)17)9-25-13-12(4-3-6-22-13)26-16(18,19)20/h3-4,6,10-11,21H,5,7-9H2,1-2H3,(H,23,24)/t10-,11-/m0/s1. The number of hydrogen-bond donors (Lipinski definition) is 2. The number of carbonyl (C=O) groups excluding carboxylic acids is 1. The summed E-state index contributed by atoms with van der Waals surface area (Å²) in [5.74, 6) is -1.43. The van der Waals surface area contributed by atoms with Gasteiger partial charge in [0.15, 0.2) is 5.75 Å². The molecule has 1 saturated heterocycles. The highest BCUT2D eigenvalue weighted by Crippen LogP contribution is 2.31. The lowest BCUT2D eigenvalue weighted by Crippen LogP contribution is -2.54. The van der Waals surface area contributed by atoms with E-state index in [4.69, 9.17) is 4.74 Å². The van der Waals surface area contributed by atoms with Crippen molar-refractivity contribution in [1.82, 2.24) is 15.6 Å². The SMILES string of the molecule is CC(C)(COc1ncccc1OC(F)(F)F)C(=O)N[C@H]1CCNC[C@@H]1F. The van der Waals surface area contributed by atoms with E-state index < -0.39 is 35.6 Å². The minimum atomic E-state index is -4.89. The summed E-state index contributed by atoms with van der Waals surface area (Å²) in [5, 5.41) is 5.52. The lowest BCUT2D eigenvalue weighted by Gasteiger charge is -2.31. The van der Waals surface area contributed by atoms with Crippen LogP contribution in [0, 0.1) is 5.41 Å². The van der Waals surface area contributed by atoms with Crippen LogP contribution in [0.2, 0.25) is 0 Å². The van der Waals surface area contributed by atoms with Crippen LogP contribution in [0.5, 0.6) is 11.6 Å². The number of alkyl halides is 4. The van der Waals surface area contributed by atoms with Gasteiger partial charge in [-0.1, -0.05) is 0 Å². The van der Waals surface area contributed by atoms with Crippen LogP contribution in [0.4, 0.5) is 17.6 Å². The molecular formula is C16H21F4N3O3. The second-order valence-electron chi connectivity index (χ2n) is 6.62. The first-order chi connectivity index (χ1) is 12.1. The van der Waals surface area contributed by atoms with Gasteiger partial charge in [-0.2, -0.15) is 0 Å². The van der Waals surface area contributed by atoms with E-state index in [2.05, 4.69) is 20.4 Å². The van der Waals surface area contributed by atoms with Crippen LogP contribution >= 0.6 is 0 Å². The van der Waals surface area contributed by atoms with Gasteiger partial charge in [-0.25, -0.2) is 9.37 Å². The van der Waals surface area contributed by atoms with Crippen LogP contribution < -0.4 is 20.1 Å². The Hall–Kier alpha value is -2.10. The third kappa shape index (κ3) is 5.72. The number of amides is 1. The molecule has 1 aromatic rings. The van der Waals surface area contributed by atoms with Crippen molar-refractivity contribution >= 4 is 5.91 Å². The van der Waals surface area contributed by atoms with Gasteiger partial charge in [0.1, 0.15) is 12.8 Å². The summed E-state index contributed by atoms with van der Waals surface area (Å²) in [7, 11) is 0. The minimum Gasteiger partial charge on any atom is -0.474 e. The monoisotopic (exact) mass is 379 g/mol. The normalized spacial score (nSPS) is 21.2. The van der Waals surface area contributed by atoms with Crippen molar-refractivity contribution in [3.63, 3.8) is 0 Å². The summed E-state index contributed by atoms with van der Waals surface area (Å²) in [6, 6.07) is 1.72. The molecule has 2 rings (SSSR count). The highest BCUT2D eigenvalue weighted by Gasteiger charge is 2.35. The van der Waals surface area contributed by atoms with Crippen LogP contribution in [0.1, 0.15) is 20.3 Å². The predicted octanol–water partition coefficient (Wildman–Crippen LogP) is 2.20. The van der Waals surface area contributed by atoms with Crippen molar-refractivity contribution < 1.29 is 31.8 Å². The summed E-state index contributed by atoms with van der Waals surface area (Å²) in [6.45, 7) is 3.59. The fourth-order valence-corrected chi connectivity index (χ4v) is 2.35. The number of piperidine rings is 1. The predicted molar refractivity (Wildman–Crippen MR) is 84.5 cm³/mol. The largest absolute Gasteiger partial charge is 0.573 e. The number of rotatable bonds is 6. The second-order valence-corrected chi connectivity index (χ2v) is 6.62. The highest BCUT2D eigenvalue weighted by molar-refractivity contribution is 5.82. The second kappa shape index (κ2) is 8.07. The van der Waals surface area contributed by atoms with Gasteiger partial charge in [-0.05, 0) is 38.9 Å². The maximum atomic E-state index is 13.8. The Morgan fingerprint density at radius 1 is 1.42 bits per heavy atom. The Morgan fingerprint density at radius 3 is 2.81 bits per heavy atom. The summed E-state index contributed by atoms with van der Waals surface area (Å²) >= 11 is 0. The van der Waals surface area contributed by atoms with Gasteiger partial charge in [0.25, 0.3) is 5.88 Å². The molecule has 0 bridgehead atoms. The van der Waals surface area contributed by atoms with Gasteiger partial charge in [-0.3, -0.25) is 4.79 Å². The van der Waals surface area contributed by atoms with E-state index in [1.807, 2.05) is 0 Å². The molecule has 0 aromatic carbocycles. The lowest BCUT2D eigenvalue weighted by molar-refractivity contribution is -0.275. The first kappa shape index (κ1) is 20.2. The Balaban J connectivity index is 1.98. The molecule has 1 aromatic heterocycles. The van der Waals surface area contributed by atoms with Crippen molar-refractivity contribution in [1.29, 1.82) is 0 Å². The maximum Gasteiger partial charge on any atom is 0.573 e. The maximum absolute atomic E-state index is 13.8. The molecule has 10 heteroatoms. The smallest absolute Gasteiger partial charge is 0.474 e. The number of halogens is 4. The Labute approximate surface area is 148 Å². The molecule has 146 valence electrons. The fourth-order valence-electron chi connectivity index (χ4n) is 2.35. The lowest BCUT2D eigenvalue weighted by atomic mass is 9.92. The van der Waals surface area contributed by atoms with Gasteiger partial charge in [0, 0.05) is 12.7 Å². The quantitative estimate of drug-likeness (QED) is 0.742. The number of nitrogens with one attached hydrogen (secondary N) is 2. The molecule has 2 atom stereocenters. The molecule has 2 heterocycles. The average molecular weight is 379 g/mol. The molecule has 1 fully saturated rings. The molecule has 1 amide bonds. The number of nitrogens with zero attached hydrogens (tertiary/aromatic N) is 1. The third-order valence-corrected chi connectivity index (χ3v) is 3.87. The Kier molecular flexibility index (Phi) is 6.27. The van der Waals surface area contributed by atoms with E-state index in [0.29, 0.717) is 13.0 Å². The third-order valence-electron chi connectivity index (χ3n) is 3.87. The van der Waals surface area contributed by atoms with E-state index in [1.54, 1.807) is 13.8 Å². The molecule has 1 aliphatic rings. The molecule has 0 spiro atoms. The zero-order valence-corrected chi connectivity index (χ0v) is 14.4. The van der Waals surface area contributed by atoms with E-state index in [0.717, 1.165) is 6.07 Å². The van der Waals surface area contributed by atoms with E-state index in [1.165, 1.54) is 12.3 Å². The number of hydrogen-bond acceptors (Lipinski definition) is 5. The topological polar surface area (TPSA) is 72.5 Å². The molecular weight excluding hydrogens is 358 g/mol. The van der Waals surface area contributed by atoms with Crippen LogP contribution in [-0.2, 0) is 4.79 Å². The van der Waals surface area contributed by atoms with Crippen LogP contribution in [0.3, 0.4) is 0 Å². The zero-order valence-electron chi connectivity index (χ0n) is 14.4. The molecule has 0 radical (unpaired) electrons. The first-order valence-corrected chi connectivity index (χ1v) is 8.08. The van der Waals surface area contributed by atoms with Gasteiger partial charge in [-0.15, -0.1) is 13.2 Å². The highest BCUT2D eigenvalue weighted by atomic mass is 19.4. The molecule has 0 unspecified atom stereocenters. The minimum absolute atomic E-state index is 0.161. The summed E-state index contributed by atoms with van der Waals surface area (Å²) < 4.78 is 60.2. The molecule has 2 N–H and O–H groups in total. The number of carbonyl (C=O) groups is 1. The Morgan fingerprint density at radius 2 is 2.15 bits per heavy atom. The van der Waals surface area contributed by atoms with Crippen molar-refractivity contribution in [2.45, 2.75) is 38.8 Å². The molecule has 1 aliphatic heterocycles. The molecule has 6 nitrogen and oxygen atoms in total.